The van der Waals surface area contributed by atoms with Crippen LogP contribution in [0.3, 0.4) is 0 Å². The minimum atomic E-state index is -4.07. The van der Waals surface area contributed by atoms with Gasteiger partial charge < -0.3 is 5.11 Å². The number of benzene rings is 1. The quantitative estimate of drug-likeness (QED) is 0.873. The molecule has 7 heteroatoms. The van der Waals surface area contributed by atoms with Gasteiger partial charge in [0, 0.05) is 12.6 Å². The molecule has 116 valence electrons. The summed E-state index contributed by atoms with van der Waals surface area (Å²) >= 11 is 0. The molecule has 21 heavy (non-hydrogen) atoms. The zero-order valence-corrected chi connectivity index (χ0v) is 12.2. The highest BCUT2D eigenvalue weighted by atomic mass is 32.2. The molecule has 1 aromatic carbocycles. The molecule has 0 spiro atoms. The number of hydrogen-bond donors (Lipinski definition) is 1. The van der Waals surface area contributed by atoms with E-state index in [1.807, 2.05) is 0 Å². The smallest absolute Gasteiger partial charge is 0.246 e. The number of rotatable bonds is 6. The van der Waals surface area contributed by atoms with Crippen LogP contribution in [-0.2, 0) is 16.6 Å². The van der Waals surface area contributed by atoms with E-state index in [0.29, 0.717) is 12.5 Å². The summed E-state index contributed by atoms with van der Waals surface area (Å²) in [5.41, 5.74) is 0.0506. The zero-order valence-electron chi connectivity index (χ0n) is 11.4. The number of sulfonamides is 1. The molecule has 1 N–H and O–H groups in total. The van der Waals surface area contributed by atoms with E-state index in [1.165, 1.54) is 4.31 Å². The topological polar surface area (TPSA) is 57.6 Å². The van der Waals surface area contributed by atoms with Crippen molar-refractivity contribution in [3.8, 4) is 0 Å². The van der Waals surface area contributed by atoms with Gasteiger partial charge in [-0.2, -0.15) is 4.31 Å². The van der Waals surface area contributed by atoms with Crippen LogP contribution in [0.1, 0.15) is 31.2 Å². The maximum absolute atomic E-state index is 13.9. The van der Waals surface area contributed by atoms with E-state index < -0.39 is 33.2 Å². The van der Waals surface area contributed by atoms with Crippen molar-refractivity contribution < 1.29 is 22.3 Å². The number of aliphatic hydroxyl groups excluding tert-OH is 1. The Labute approximate surface area is 122 Å². The Balaban J connectivity index is 2.01. The molecule has 0 saturated heterocycles. The van der Waals surface area contributed by atoms with Gasteiger partial charge >= 0.3 is 0 Å². The summed E-state index contributed by atoms with van der Waals surface area (Å²) in [5, 5.41) is 9.06. The Morgan fingerprint density at radius 2 is 1.86 bits per heavy atom. The Morgan fingerprint density at radius 1 is 1.19 bits per heavy atom. The van der Waals surface area contributed by atoms with E-state index in [9.17, 15) is 17.2 Å². The molecular weight excluding hydrogens is 300 g/mol. The summed E-state index contributed by atoms with van der Waals surface area (Å²) in [5.74, 6) is -2.29. The second kappa shape index (κ2) is 5.30. The van der Waals surface area contributed by atoms with Gasteiger partial charge in [0.2, 0.25) is 10.0 Å². The molecular formula is C14H17F2NO3S. The molecule has 1 aromatic rings. The highest BCUT2D eigenvalue weighted by Gasteiger charge is 2.42. The number of halogens is 2. The molecule has 0 amide bonds. The fourth-order valence-corrected chi connectivity index (χ4v) is 4.27. The Hall–Kier alpha value is -1.05. The fraction of sp³-hybridized carbons (Fsp3) is 0.571. The number of hydrogen-bond acceptors (Lipinski definition) is 3. The lowest BCUT2D eigenvalue weighted by molar-refractivity contribution is 0.280. The highest BCUT2D eigenvalue weighted by molar-refractivity contribution is 7.89. The van der Waals surface area contributed by atoms with Gasteiger partial charge in [0.15, 0.2) is 11.6 Å². The molecule has 0 radical (unpaired) electrons. The van der Waals surface area contributed by atoms with Crippen molar-refractivity contribution in [3.05, 3.63) is 29.3 Å². The fourth-order valence-electron chi connectivity index (χ4n) is 2.38. The van der Waals surface area contributed by atoms with E-state index >= 15 is 0 Å². The minimum absolute atomic E-state index is 0.0506. The van der Waals surface area contributed by atoms with Crippen LogP contribution in [0.2, 0.25) is 0 Å². The lowest BCUT2D eigenvalue weighted by atomic mass is 10.2. The minimum Gasteiger partial charge on any atom is -0.392 e. The summed E-state index contributed by atoms with van der Waals surface area (Å²) in [6, 6.07) is 1.74. The third-order valence-corrected chi connectivity index (χ3v) is 5.83. The third kappa shape index (κ3) is 2.95. The van der Waals surface area contributed by atoms with Gasteiger partial charge in [-0.15, -0.1) is 0 Å². The largest absolute Gasteiger partial charge is 0.392 e. The van der Waals surface area contributed by atoms with E-state index in [-0.39, 0.29) is 11.6 Å². The van der Waals surface area contributed by atoms with E-state index in [1.54, 1.807) is 0 Å². The van der Waals surface area contributed by atoms with Crippen molar-refractivity contribution >= 4 is 10.0 Å². The summed E-state index contributed by atoms with van der Waals surface area (Å²) < 4.78 is 54.1. The van der Waals surface area contributed by atoms with Crippen molar-refractivity contribution in [1.82, 2.24) is 4.31 Å². The molecule has 0 unspecified atom stereocenters. The molecule has 0 bridgehead atoms. The standard InChI is InChI=1S/C14H17F2NO3S/c15-12-5-10(8-18)6-13(14(12)16)21(19,20)17(11-3-4-11)7-9-1-2-9/h5-6,9,11,18H,1-4,7-8H2. The number of nitrogens with zero attached hydrogens (tertiary/aromatic N) is 1. The van der Waals surface area contributed by atoms with E-state index in [4.69, 9.17) is 5.11 Å². The average Bonchev–Trinajstić information content (AvgIpc) is 3.31. The second-order valence-corrected chi connectivity index (χ2v) is 7.66. The maximum Gasteiger partial charge on any atom is 0.246 e. The molecule has 2 fully saturated rings. The lowest BCUT2D eigenvalue weighted by Crippen LogP contribution is -2.35. The van der Waals surface area contributed by atoms with Crippen molar-refractivity contribution in [1.29, 1.82) is 0 Å². The molecule has 2 aliphatic rings. The maximum atomic E-state index is 13.9. The first-order valence-corrected chi connectivity index (χ1v) is 8.48. The van der Waals surface area contributed by atoms with E-state index in [2.05, 4.69) is 0 Å². The van der Waals surface area contributed by atoms with Crippen LogP contribution < -0.4 is 0 Å². The van der Waals surface area contributed by atoms with Crippen molar-refractivity contribution in [3.63, 3.8) is 0 Å². The molecule has 0 heterocycles. The first kappa shape index (κ1) is 14.9. The monoisotopic (exact) mass is 317 g/mol. The van der Waals surface area contributed by atoms with Gasteiger partial charge in [-0.25, -0.2) is 17.2 Å². The van der Waals surface area contributed by atoms with Gasteiger partial charge in [0.1, 0.15) is 4.90 Å². The molecule has 0 aromatic heterocycles. The molecule has 4 nitrogen and oxygen atoms in total. The van der Waals surface area contributed by atoms with Crippen LogP contribution in [-0.4, -0.2) is 30.4 Å². The van der Waals surface area contributed by atoms with Crippen LogP contribution in [0, 0.1) is 17.6 Å². The number of aliphatic hydroxyl groups is 1. The Kier molecular flexibility index (Phi) is 3.75. The van der Waals surface area contributed by atoms with Crippen LogP contribution in [0.4, 0.5) is 8.78 Å². The summed E-state index contributed by atoms with van der Waals surface area (Å²) in [6.45, 7) is -0.164. The third-order valence-electron chi connectivity index (χ3n) is 3.91. The molecule has 0 atom stereocenters. The summed E-state index contributed by atoms with van der Waals surface area (Å²) in [7, 11) is -4.07. The molecule has 2 saturated carbocycles. The molecule has 2 aliphatic carbocycles. The average molecular weight is 317 g/mol. The first-order valence-electron chi connectivity index (χ1n) is 7.04. The van der Waals surface area contributed by atoms with Crippen molar-refractivity contribution in [2.75, 3.05) is 6.54 Å². The zero-order chi connectivity index (χ0) is 15.2. The van der Waals surface area contributed by atoms with Gasteiger partial charge in [-0.3, -0.25) is 0 Å². The van der Waals surface area contributed by atoms with Gasteiger partial charge in [-0.1, -0.05) is 0 Å². The molecule has 0 aliphatic heterocycles. The highest BCUT2D eigenvalue weighted by Crippen LogP contribution is 2.38. The van der Waals surface area contributed by atoms with Crippen LogP contribution in [0.5, 0.6) is 0 Å². The van der Waals surface area contributed by atoms with Crippen molar-refractivity contribution in [2.24, 2.45) is 5.92 Å². The van der Waals surface area contributed by atoms with Gasteiger partial charge in [0.25, 0.3) is 0 Å². The van der Waals surface area contributed by atoms with Crippen LogP contribution in [0.15, 0.2) is 17.0 Å². The van der Waals surface area contributed by atoms with Crippen LogP contribution >= 0.6 is 0 Å². The second-order valence-electron chi connectivity index (χ2n) is 5.80. The van der Waals surface area contributed by atoms with Gasteiger partial charge in [-0.05, 0) is 49.3 Å². The molecule has 3 rings (SSSR count). The van der Waals surface area contributed by atoms with E-state index in [0.717, 1.165) is 37.8 Å². The van der Waals surface area contributed by atoms with Crippen molar-refractivity contribution in [2.45, 2.75) is 43.2 Å². The Morgan fingerprint density at radius 3 is 2.38 bits per heavy atom. The predicted molar refractivity (Wildman–Crippen MR) is 71.9 cm³/mol. The normalized spacial score (nSPS) is 19.2. The summed E-state index contributed by atoms with van der Waals surface area (Å²) in [4.78, 5) is -0.667. The lowest BCUT2D eigenvalue weighted by Gasteiger charge is -2.22. The Bertz CT molecular complexity index is 654. The van der Waals surface area contributed by atoms with Gasteiger partial charge in [0.05, 0.1) is 6.61 Å². The SMILES string of the molecule is O=S(=O)(c1cc(CO)cc(F)c1F)N(CC1CC1)C1CC1. The summed E-state index contributed by atoms with van der Waals surface area (Å²) in [6.07, 6.45) is 3.48. The van der Waals surface area contributed by atoms with Crippen LogP contribution in [0.25, 0.3) is 0 Å². The predicted octanol–water partition coefficient (Wildman–Crippen LogP) is 2.02. The first-order chi connectivity index (χ1) is 9.93.